The van der Waals surface area contributed by atoms with E-state index in [9.17, 15) is 14.4 Å². The Hall–Kier alpha value is -3.23. The van der Waals surface area contributed by atoms with Crippen LogP contribution in [0.25, 0.3) is 0 Å². The number of guanidine groups is 1. The molecule has 10 N–H and O–H groups in total. The number of aromatic nitrogens is 2. The molecule has 15 heteroatoms. The van der Waals surface area contributed by atoms with Crippen molar-refractivity contribution >= 4 is 46.9 Å². The van der Waals surface area contributed by atoms with Gasteiger partial charge in [0.2, 0.25) is 11.8 Å². The van der Waals surface area contributed by atoms with E-state index in [0.717, 1.165) is 38.5 Å². The number of hydrogen-bond acceptors (Lipinski definition) is 11. The predicted octanol–water partition coefficient (Wildman–Crippen LogP) is -0.0362. The lowest BCUT2D eigenvalue weighted by atomic mass is 9.88. The van der Waals surface area contributed by atoms with Gasteiger partial charge < -0.3 is 38.1 Å². The summed E-state index contributed by atoms with van der Waals surface area (Å²) in [5.74, 6) is -0.106. The molecule has 0 aromatic carbocycles. The predicted molar refractivity (Wildman–Crippen MR) is 157 cm³/mol. The Morgan fingerprint density at radius 2 is 1.44 bits per heavy atom. The first-order chi connectivity index (χ1) is 19.5. The first kappa shape index (κ1) is 30.7. The Bertz CT molecular complexity index is 1160. The van der Waals surface area contributed by atoms with E-state index in [0.29, 0.717) is 70.9 Å². The van der Waals surface area contributed by atoms with Crippen LogP contribution in [-0.2, 0) is 9.59 Å². The second-order valence-electron chi connectivity index (χ2n) is 11.4. The number of rotatable bonds is 9. The van der Waals surface area contributed by atoms with Crippen molar-refractivity contribution < 1.29 is 14.4 Å². The molecular formula is C26H42ClN11O3. The fourth-order valence-corrected chi connectivity index (χ4v) is 5.63. The second-order valence-corrected chi connectivity index (χ2v) is 11.8. The number of carbonyl (C=O) groups is 3. The minimum Gasteiger partial charge on any atom is -0.382 e. The normalized spacial score (nSPS) is 19.5. The molecule has 4 heterocycles. The molecule has 4 rings (SSSR count). The van der Waals surface area contributed by atoms with E-state index < -0.39 is 5.91 Å². The lowest BCUT2D eigenvalue weighted by Crippen LogP contribution is -2.56. The van der Waals surface area contributed by atoms with Gasteiger partial charge >= 0.3 is 0 Å². The molecule has 2 fully saturated rings. The first-order valence-electron chi connectivity index (χ1n) is 14.3. The molecule has 14 nitrogen and oxygen atoms in total. The number of anilines is 2. The quantitative estimate of drug-likeness (QED) is 0.210. The Labute approximate surface area is 245 Å². The average molecular weight is 592 g/mol. The van der Waals surface area contributed by atoms with Crippen molar-refractivity contribution in [3.05, 3.63) is 10.8 Å². The van der Waals surface area contributed by atoms with Gasteiger partial charge in [0, 0.05) is 51.1 Å². The second kappa shape index (κ2) is 13.2. The van der Waals surface area contributed by atoms with Crippen LogP contribution in [0.2, 0.25) is 5.15 Å². The number of nitrogens with one attached hydrogen (secondary N) is 2. The average Bonchev–Trinajstić information content (AvgIpc) is 3.34. The molecule has 3 aliphatic rings. The number of amides is 3. The van der Waals surface area contributed by atoms with Crippen molar-refractivity contribution in [2.75, 3.05) is 50.7 Å². The summed E-state index contributed by atoms with van der Waals surface area (Å²) < 4.78 is 0. The van der Waals surface area contributed by atoms with Crippen LogP contribution >= 0.6 is 11.6 Å². The third-order valence-corrected chi connectivity index (χ3v) is 8.68. The summed E-state index contributed by atoms with van der Waals surface area (Å²) in [5, 5.41) is 5.87. The van der Waals surface area contributed by atoms with Crippen LogP contribution in [0.4, 0.5) is 11.6 Å². The minimum absolute atomic E-state index is 0.0509. The van der Waals surface area contributed by atoms with Crippen molar-refractivity contribution in [2.45, 2.75) is 75.3 Å². The molecule has 0 saturated carbocycles. The standard InChI is InChI=1S/C26H42ClN11O3/c27-20-22(30)34-21(29)19(33-20)23(41)35-24-32-16-26(36-24)9-13-38(14-10-26)18(40)6-4-2-1-3-5-17(39)37-11-7-25(31,15-28)8-12-37/h1-16,28,31H2,(H4,29,30,34)(H2,32,35,36,41). The maximum Gasteiger partial charge on any atom is 0.280 e. The van der Waals surface area contributed by atoms with Crippen LogP contribution in [0.1, 0.15) is 74.7 Å². The zero-order chi connectivity index (χ0) is 29.6. The van der Waals surface area contributed by atoms with Gasteiger partial charge in [-0.3, -0.25) is 24.7 Å². The Morgan fingerprint density at radius 3 is 2.00 bits per heavy atom. The van der Waals surface area contributed by atoms with Gasteiger partial charge in [-0.05, 0) is 38.5 Å². The number of aliphatic imine (C=N–C) groups is 1. The number of nitrogens with zero attached hydrogens (tertiary/aromatic N) is 5. The lowest BCUT2D eigenvalue weighted by Gasteiger charge is -2.39. The van der Waals surface area contributed by atoms with Gasteiger partial charge in [-0.15, -0.1) is 0 Å². The Morgan fingerprint density at radius 1 is 0.878 bits per heavy atom. The molecule has 1 aromatic heterocycles. The SMILES string of the molecule is NCC1(N)CCN(C(=O)CCCCCCC(=O)N2CCC3(CC2)CN=C(NC(=O)c2nc(Cl)c(N)nc2N)N3)CC1. The number of piperidine rings is 2. The molecule has 3 aliphatic heterocycles. The van der Waals surface area contributed by atoms with Gasteiger partial charge in [0.1, 0.15) is 0 Å². The molecule has 0 atom stereocenters. The van der Waals surface area contributed by atoms with Crippen LogP contribution in [0.15, 0.2) is 4.99 Å². The van der Waals surface area contributed by atoms with Crippen molar-refractivity contribution in [3.63, 3.8) is 0 Å². The molecular weight excluding hydrogens is 550 g/mol. The van der Waals surface area contributed by atoms with Gasteiger partial charge in [0.05, 0.1) is 12.1 Å². The summed E-state index contributed by atoms with van der Waals surface area (Å²) in [6.07, 6.45) is 7.45. The van der Waals surface area contributed by atoms with E-state index in [1.807, 2.05) is 9.80 Å². The minimum atomic E-state index is -0.589. The van der Waals surface area contributed by atoms with Crippen LogP contribution < -0.4 is 33.6 Å². The maximum atomic E-state index is 12.8. The monoisotopic (exact) mass is 591 g/mol. The molecule has 1 spiro atoms. The highest BCUT2D eigenvalue weighted by molar-refractivity contribution is 6.31. The van der Waals surface area contributed by atoms with Crippen molar-refractivity contribution in [3.8, 4) is 0 Å². The van der Waals surface area contributed by atoms with Gasteiger partial charge in [-0.25, -0.2) is 9.97 Å². The lowest BCUT2D eigenvalue weighted by molar-refractivity contribution is -0.133. The molecule has 41 heavy (non-hydrogen) atoms. The molecule has 0 bridgehead atoms. The topological polar surface area (TPSA) is 224 Å². The van der Waals surface area contributed by atoms with Crippen molar-refractivity contribution in [1.82, 2.24) is 30.4 Å². The summed E-state index contributed by atoms with van der Waals surface area (Å²) in [5.41, 5.74) is 22.5. The van der Waals surface area contributed by atoms with E-state index >= 15 is 0 Å². The number of halogens is 1. The van der Waals surface area contributed by atoms with E-state index in [-0.39, 0.29) is 45.4 Å². The number of likely N-dealkylation sites (tertiary alicyclic amines) is 2. The summed E-state index contributed by atoms with van der Waals surface area (Å²) in [4.78, 5) is 53.8. The highest BCUT2D eigenvalue weighted by Gasteiger charge is 2.40. The molecule has 0 radical (unpaired) electrons. The largest absolute Gasteiger partial charge is 0.382 e. The molecule has 0 unspecified atom stereocenters. The first-order valence-corrected chi connectivity index (χ1v) is 14.7. The molecule has 3 amide bonds. The number of hydrogen-bond donors (Lipinski definition) is 6. The van der Waals surface area contributed by atoms with Crippen LogP contribution in [0.3, 0.4) is 0 Å². The third kappa shape index (κ3) is 7.74. The van der Waals surface area contributed by atoms with Crippen LogP contribution in [-0.4, -0.2) is 93.8 Å². The van der Waals surface area contributed by atoms with Crippen molar-refractivity contribution in [1.29, 1.82) is 0 Å². The van der Waals surface area contributed by atoms with E-state index in [1.54, 1.807) is 0 Å². The Kier molecular flexibility index (Phi) is 9.87. The smallest absolute Gasteiger partial charge is 0.280 e. The summed E-state index contributed by atoms with van der Waals surface area (Å²) in [7, 11) is 0. The van der Waals surface area contributed by atoms with E-state index in [1.165, 1.54) is 0 Å². The van der Waals surface area contributed by atoms with Crippen molar-refractivity contribution in [2.24, 2.45) is 16.5 Å². The summed E-state index contributed by atoms with van der Waals surface area (Å²) in [6, 6.07) is 0. The maximum absolute atomic E-state index is 12.8. The van der Waals surface area contributed by atoms with Gasteiger partial charge in [-0.2, -0.15) is 0 Å². The molecule has 0 aliphatic carbocycles. The molecule has 226 valence electrons. The van der Waals surface area contributed by atoms with Gasteiger partial charge in [-0.1, -0.05) is 24.4 Å². The highest BCUT2D eigenvalue weighted by Crippen LogP contribution is 2.27. The number of nitrogens with two attached hydrogens (primary N) is 4. The zero-order valence-corrected chi connectivity index (χ0v) is 24.2. The van der Waals surface area contributed by atoms with Crippen LogP contribution in [0, 0.1) is 0 Å². The van der Waals surface area contributed by atoms with Gasteiger partial charge in [0.15, 0.2) is 28.4 Å². The molecule has 2 saturated heterocycles. The fraction of sp³-hybridized carbons (Fsp3) is 0.692. The molecule has 1 aromatic rings. The number of carbonyl (C=O) groups excluding carboxylic acids is 3. The van der Waals surface area contributed by atoms with Gasteiger partial charge in [0.25, 0.3) is 5.91 Å². The number of unbranched alkanes of at least 4 members (excludes halogenated alkanes) is 3. The summed E-state index contributed by atoms with van der Waals surface area (Å²) in [6.45, 7) is 3.54. The van der Waals surface area contributed by atoms with Crippen LogP contribution in [0.5, 0.6) is 0 Å². The van der Waals surface area contributed by atoms with E-state index in [2.05, 4.69) is 25.6 Å². The zero-order valence-electron chi connectivity index (χ0n) is 23.5. The van der Waals surface area contributed by atoms with E-state index in [4.69, 9.17) is 34.5 Å². The highest BCUT2D eigenvalue weighted by atomic mass is 35.5. The third-order valence-electron chi connectivity index (χ3n) is 8.40. The number of nitrogen functional groups attached to an aromatic ring is 2. The summed E-state index contributed by atoms with van der Waals surface area (Å²) >= 11 is 5.87. The Balaban J connectivity index is 1.09. The fourth-order valence-electron chi connectivity index (χ4n) is 5.50.